The van der Waals surface area contributed by atoms with Gasteiger partial charge in [0, 0.05) is 18.2 Å². The molecule has 0 bridgehead atoms. The van der Waals surface area contributed by atoms with Gasteiger partial charge in [-0.1, -0.05) is 24.3 Å². The van der Waals surface area contributed by atoms with Gasteiger partial charge in [0.25, 0.3) is 5.91 Å². The smallest absolute Gasteiger partial charge is 0.267 e. The summed E-state index contributed by atoms with van der Waals surface area (Å²) in [4.78, 5) is 10.9. The number of aliphatic hydroxyl groups is 2. The first-order valence-electron chi connectivity index (χ1n) is 7.86. The van der Waals surface area contributed by atoms with Crippen molar-refractivity contribution in [3.8, 4) is 5.75 Å². The third-order valence-corrected chi connectivity index (χ3v) is 3.32. The van der Waals surface area contributed by atoms with Crippen molar-refractivity contribution in [3.63, 3.8) is 0 Å². The predicted molar refractivity (Wildman–Crippen MR) is 87.7 cm³/mol. The summed E-state index contributed by atoms with van der Waals surface area (Å²) >= 11 is 0. The quantitative estimate of drug-likeness (QED) is 0.275. The van der Waals surface area contributed by atoms with Gasteiger partial charge in [0.1, 0.15) is 18.5 Å². The number of para-hydroxylation sites is 1. The Bertz CT molecular complexity index is 520. The molecule has 0 aliphatic rings. The highest BCUT2D eigenvalue weighted by molar-refractivity contribution is 5.86. The molecule has 0 aliphatic heterocycles. The van der Waals surface area contributed by atoms with Gasteiger partial charge in [-0.15, -0.1) is 0 Å². The molecule has 0 saturated heterocycles. The molecule has 0 aliphatic carbocycles. The van der Waals surface area contributed by atoms with Gasteiger partial charge in [-0.05, 0) is 25.8 Å². The highest BCUT2D eigenvalue weighted by Crippen LogP contribution is 2.30. The van der Waals surface area contributed by atoms with E-state index in [0.717, 1.165) is 0 Å². The van der Waals surface area contributed by atoms with E-state index in [1.807, 2.05) is 6.92 Å². The molecule has 0 saturated carbocycles. The molecule has 1 aromatic carbocycles. The standard InChI is InChI=1S/C17H25NO6/c1-2-23-15(9-5-6-10-16(20)18-22)17(21)13-7-3-4-8-14(13)24-12-11-19/h3-4,6-8,10,15,17,19,21-22H,2,5,9,11-12H2,1H3,(H,18,20)/b10-6+/t15-,17-/m0/s1. The van der Waals surface area contributed by atoms with E-state index in [2.05, 4.69) is 0 Å². The third kappa shape index (κ3) is 6.67. The van der Waals surface area contributed by atoms with Crippen LogP contribution in [-0.2, 0) is 9.53 Å². The van der Waals surface area contributed by atoms with Crippen molar-refractivity contribution >= 4 is 5.91 Å². The molecule has 24 heavy (non-hydrogen) atoms. The first kappa shape index (κ1) is 20.1. The number of aliphatic hydroxyl groups excluding tert-OH is 2. The van der Waals surface area contributed by atoms with Crippen LogP contribution >= 0.6 is 0 Å². The molecule has 1 amide bonds. The van der Waals surface area contributed by atoms with Crippen LogP contribution in [0, 0.1) is 0 Å². The van der Waals surface area contributed by atoms with E-state index in [1.54, 1.807) is 30.3 Å². The summed E-state index contributed by atoms with van der Waals surface area (Å²) in [5, 5.41) is 27.9. The number of hydrogen-bond acceptors (Lipinski definition) is 6. The Kier molecular flexibility index (Phi) is 9.71. The van der Waals surface area contributed by atoms with E-state index >= 15 is 0 Å². The van der Waals surface area contributed by atoms with Crippen LogP contribution in [0.5, 0.6) is 5.75 Å². The van der Waals surface area contributed by atoms with Crippen LogP contribution < -0.4 is 10.2 Å². The Labute approximate surface area is 141 Å². The van der Waals surface area contributed by atoms with Crippen molar-refractivity contribution in [2.75, 3.05) is 19.8 Å². The van der Waals surface area contributed by atoms with Crippen LogP contribution in [0.25, 0.3) is 0 Å². The molecule has 7 nitrogen and oxygen atoms in total. The van der Waals surface area contributed by atoms with Crippen molar-refractivity contribution in [2.45, 2.75) is 32.0 Å². The molecule has 0 radical (unpaired) electrons. The number of nitrogens with one attached hydrogen (secondary N) is 1. The predicted octanol–water partition coefficient (Wildman–Crippen LogP) is 1.34. The number of hydroxylamine groups is 1. The maximum absolute atomic E-state index is 10.9. The van der Waals surface area contributed by atoms with Crippen molar-refractivity contribution < 1.29 is 29.7 Å². The highest BCUT2D eigenvalue weighted by Gasteiger charge is 2.23. The molecule has 4 N–H and O–H groups in total. The second-order valence-electron chi connectivity index (χ2n) is 5.00. The lowest BCUT2D eigenvalue weighted by Gasteiger charge is -2.24. The van der Waals surface area contributed by atoms with Gasteiger partial charge < -0.3 is 19.7 Å². The van der Waals surface area contributed by atoms with Gasteiger partial charge in [0.15, 0.2) is 0 Å². The fourth-order valence-electron chi connectivity index (χ4n) is 2.25. The van der Waals surface area contributed by atoms with Crippen molar-refractivity contribution in [3.05, 3.63) is 42.0 Å². The number of ether oxygens (including phenoxy) is 2. The van der Waals surface area contributed by atoms with Gasteiger partial charge in [0.05, 0.1) is 12.7 Å². The van der Waals surface area contributed by atoms with E-state index < -0.39 is 18.1 Å². The number of rotatable bonds is 11. The molecule has 7 heteroatoms. The molecule has 2 atom stereocenters. The van der Waals surface area contributed by atoms with Gasteiger partial charge >= 0.3 is 0 Å². The van der Waals surface area contributed by atoms with Crippen molar-refractivity contribution in [1.82, 2.24) is 5.48 Å². The molecule has 0 unspecified atom stereocenters. The summed E-state index contributed by atoms with van der Waals surface area (Å²) in [5.74, 6) is -0.106. The van der Waals surface area contributed by atoms with Crippen LogP contribution in [-0.4, -0.2) is 47.3 Å². The molecular formula is C17H25NO6. The minimum atomic E-state index is -0.903. The number of carbonyl (C=O) groups is 1. The van der Waals surface area contributed by atoms with Crippen LogP contribution in [0.4, 0.5) is 0 Å². The van der Waals surface area contributed by atoms with Crippen LogP contribution in [0.1, 0.15) is 31.4 Å². The minimum Gasteiger partial charge on any atom is -0.491 e. The molecule has 0 fully saturated rings. The zero-order valence-corrected chi connectivity index (χ0v) is 13.7. The topological polar surface area (TPSA) is 108 Å². The number of allylic oxidation sites excluding steroid dienone is 1. The lowest BCUT2D eigenvalue weighted by molar-refractivity contribution is -0.124. The average molecular weight is 339 g/mol. The summed E-state index contributed by atoms with van der Waals surface area (Å²) in [6.07, 6.45) is 2.41. The lowest BCUT2D eigenvalue weighted by Crippen LogP contribution is -2.23. The third-order valence-electron chi connectivity index (χ3n) is 3.32. The van der Waals surface area contributed by atoms with E-state index in [9.17, 15) is 9.90 Å². The fourth-order valence-corrected chi connectivity index (χ4v) is 2.25. The van der Waals surface area contributed by atoms with Crippen LogP contribution in [0.15, 0.2) is 36.4 Å². The molecular weight excluding hydrogens is 314 g/mol. The zero-order valence-electron chi connectivity index (χ0n) is 13.7. The maximum Gasteiger partial charge on any atom is 0.267 e. The molecule has 1 aromatic rings. The van der Waals surface area contributed by atoms with Gasteiger partial charge in [-0.25, -0.2) is 5.48 Å². The maximum atomic E-state index is 10.9. The number of benzene rings is 1. The van der Waals surface area contributed by atoms with Crippen LogP contribution in [0.3, 0.4) is 0 Å². The molecule has 1 rings (SSSR count). The monoisotopic (exact) mass is 339 g/mol. The summed E-state index contributed by atoms with van der Waals surface area (Å²) in [6, 6.07) is 7.05. The van der Waals surface area contributed by atoms with E-state index in [1.165, 1.54) is 11.6 Å². The SMILES string of the molecule is CCO[C@@H](CC/C=C/C(=O)NO)[C@@H](O)c1ccccc1OCCO. The molecule has 134 valence electrons. The summed E-state index contributed by atoms with van der Waals surface area (Å²) in [6.45, 7) is 2.30. The van der Waals surface area contributed by atoms with Gasteiger partial charge in [-0.2, -0.15) is 0 Å². The Morgan fingerprint density at radius 3 is 2.79 bits per heavy atom. The molecule has 0 heterocycles. The molecule has 0 spiro atoms. The van der Waals surface area contributed by atoms with Crippen LogP contribution in [0.2, 0.25) is 0 Å². The Balaban J connectivity index is 2.76. The van der Waals surface area contributed by atoms with Crippen molar-refractivity contribution in [1.29, 1.82) is 0 Å². The Hall–Kier alpha value is -1.93. The first-order valence-corrected chi connectivity index (χ1v) is 7.86. The molecule has 0 aromatic heterocycles. The van der Waals surface area contributed by atoms with Gasteiger partial charge in [-0.3, -0.25) is 10.0 Å². The second kappa shape index (κ2) is 11.6. The average Bonchev–Trinajstić information content (AvgIpc) is 2.61. The highest BCUT2D eigenvalue weighted by atomic mass is 16.5. The Morgan fingerprint density at radius 1 is 1.38 bits per heavy atom. The first-order chi connectivity index (χ1) is 11.6. The van der Waals surface area contributed by atoms with Crippen molar-refractivity contribution in [2.24, 2.45) is 0 Å². The Morgan fingerprint density at radius 2 is 2.12 bits per heavy atom. The fraction of sp³-hybridized carbons (Fsp3) is 0.471. The number of amides is 1. The van der Waals surface area contributed by atoms with Gasteiger partial charge in [0.2, 0.25) is 0 Å². The second-order valence-corrected chi connectivity index (χ2v) is 5.00. The summed E-state index contributed by atoms with van der Waals surface area (Å²) in [5.41, 5.74) is 2.10. The normalized spacial score (nSPS) is 13.7. The zero-order chi connectivity index (χ0) is 17.8. The largest absolute Gasteiger partial charge is 0.491 e. The minimum absolute atomic E-state index is 0.114. The summed E-state index contributed by atoms with van der Waals surface area (Å²) < 4.78 is 11.1. The van der Waals surface area contributed by atoms with E-state index in [0.29, 0.717) is 30.8 Å². The number of hydrogen-bond donors (Lipinski definition) is 4. The van der Waals surface area contributed by atoms with E-state index in [-0.39, 0.29) is 13.2 Å². The lowest BCUT2D eigenvalue weighted by atomic mass is 9.99. The summed E-state index contributed by atoms with van der Waals surface area (Å²) in [7, 11) is 0. The van der Waals surface area contributed by atoms with E-state index in [4.69, 9.17) is 19.8 Å². The number of carbonyl (C=O) groups excluding carboxylic acids is 1.